The lowest BCUT2D eigenvalue weighted by Crippen LogP contribution is -2.57. The molecule has 1 N–H and O–H groups in total. The van der Waals surface area contributed by atoms with Crippen LogP contribution < -0.4 is 15.8 Å². The van der Waals surface area contributed by atoms with Crippen molar-refractivity contribution in [2.24, 2.45) is 23.7 Å². The second kappa shape index (κ2) is 9.68. The van der Waals surface area contributed by atoms with E-state index in [9.17, 15) is 14.4 Å². The smallest absolute Gasteiger partial charge is 0.323 e. The molecule has 5 fully saturated rings. The van der Waals surface area contributed by atoms with E-state index in [1.807, 2.05) is 28.8 Å². The summed E-state index contributed by atoms with van der Waals surface area (Å²) in [5, 5.41) is 2.71. The lowest BCUT2D eigenvalue weighted by Gasteiger charge is -2.54. The predicted octanol–water partition coefficient (Wildman–Crippen LogP) is 5.25. The summed E-state index contributed by atoms with van der Waals surface area (Å²) < 4.78 is 1.88. The normalized spacial score (nSPS) is 35.7. The highest BCUT2D eigenvalue weighted by atomic mass is 16.2. The number of fused-ring (bicyclic) bond motifs is 5. The van der Waals surface area contributed by atoms with E-state index >= 15 is 0 Å². The van der Waals surface area contributed by atoms with Gasteiger partial charge in [-0.25, -0.2) is 14.7 Å². The Hall–Kier alpha value is -2.74. The number of benzene rings is 1. The second-order valence-corrected chi connectivity index (χ2v) is 14.1. The molecule has 7 atom stereocenters. The van der Waals surface area contributed by atoms with Crippen molar-refractivity contribution in [2.45, 2.75) is 109 Å². The first-order chi connectivity index (χ1) is 19.2. The van der Waals surface area contributed by atoms with Crippen LogP contribution in [-0.2, 0) is 4.79 Å². The zero-order valence-corrected chi connectivity index (χ0v) is 24.1. The Labute approximate surface area is 236 Å². The zero-order chi connectivity index (χ0) is 27.8. The van der Waals surface area contributed by atoms with E-state index in [4.69, 9.17) is 0 Å². The number of carbonyl (C=O) groups excluding carboxylic acids is 2. The lowest BCUT2D eigenvalue weighted by atomic mass is 9.67. The van der Waals surface area contributed by atoms with Crippen LogP contribution in [0.15, 0.2) is 29.1 Å². The number of piperidine rings is 2. The molecule has 2 saturated carbocycles. The molecule has 8 heteroatoms. The summed E-state index contributed by atoms with van der Waals surface area (Å²) in [6.07, 6.45) is 12.8. The number of aromatic nitrogens is 2. The van der Waals surface area contributed by atoms with Crippen LogP contribution in [0.4, 0.5) is 10.6 Å². The Morgan fingerprint density at radius 3 is 2.40 bits per heavy atom. The fourth-order valence-electron chi connectivity index (χ4n) is 9.12. The molecule has 4 bridgehead atoms. The fraction of sp³-hybridized carbons (Fsp3) is 0.688. The third kappa shape index (κ3) is 4.29. The molecule has 8 nitrogen and oxygen atoms in total. The van der Waals surface area contributed by atoms with Crippen molar-refractivity contribution >= 4 is 28.8 Å². The number of hydrogen-bond donors (Lipinski definition) is 1. The average Bonchev–Trinajstić information content (AvgIpc) is 3.11. The largest absolute Gasteiger partial charge is 0.331 e. The summed E-state index contributed by atoms with van der Waals surface area (Å²) in [4.78, 5) is 48.6. The third-order valence-corrected chi connectivity index (χ3v) is 11.0. The Morgan fingerprint density at radius 1 is 0.925 bits per heavy atom. The topological polar surface area (TPSA) is 87.5 Å². The number of nitrogens with zero attached hydrogens (tertiary/aromatic N) is 4. The predicted molar refractivity (Wildman–Crippen MR) is 155 cm³/mol. The number of urea groups is 1. The molecule has 2 aromatic rings. The van der Waals surface area contributed by atoms with E-state index in [2.05, 4.69) is 22.1 Å². The minimum atomic E-state index is -1.07. The summed E-state index contributed by atoms with van der Waals surface area (Å²) >= 11 is 0. The van der Waals surface area contributed by atoms with Gasteiger partial charge in [0.25, 0.3) is 11.5 Å². The molecule has 1 aromatic heterocycles. The molecule has 3 saturated heterocycles. The highest BCUT2D eigenvalue weighted by Gasteiger charge is 2.48. The van der Waals surface area contributed by atoms with Gasteiger partial charge in [0.2, 0.25) is 5.82 Å². The standard InChI is InChI=1S/C32H43N5O3/c1-19-11-12-23-16-24(17-27(19)35(23)18-22-14-20-7-6-8-21(13-20)15-22)36-26-10-5-4-9-25(26)33-28(29(36)38)37-30(39)32(2,3)34-31(37)40/h4-5,9-10,19-24,27H,6-8,11-18H2,1-3H3,(H,34,40)/t19-,20-,21+,22?,23+,24-,27+/m1/s1. The van der Waals surface area contributed by atoms with Crippen LogP contribution in [-0.4, -0.2) is 50.6 Å². The molecule has 7 rings (SSSR count). The molecule has 1 aromatic carbocycles. The van der Waals surface area contributed by atoms with Crippen LogP contribution in [0.2, 0.25) is 0 Å². The first kappa shape index (κ1) is 26.2. The first-order valence-electron chi connectivity index (χ1n) is 15.6. The number of hydrogen-bond acceptors (Lipinski definition) is 5. The third-order valence-electron chi connectivity index (χ3n) is 11.0. The highest BCUT2D eigenvalue weighted by Crippen LogP contribution is 2.46. The van der Waals surface area contributed by atoms with Gasteiger partial charge in [0.15, 0.2) is 0 Å². The van der Waals surface area contributed by atoms with Crippen LogP contribution in [0.3, 0.4) is 0 Å². The molecule has 2 aliphatic carbocycles. The number of para-hydroxylation sites is 2. The van der Waals surface area contributed by atoms with Gasteiger partial charge in [0.1, 0.15) is 5.54 Å². The summed E-state index contributed by atoms with van der Waals surface area (Å²) in [6.45, 7) is 6.91. The first-order valence-corrected chi connectivity index (χ1v) is 15.6. The average molecular weight is 546 g/mol. The molecule has 4 heterocycles. The van der Waals surface area contributed by atoms with Gasteiger partial charge in [-0.05, 0) is 94.6 Å². The van der Waals surface area contributed by atoms with Gasteiger partial charge in [-0.2, -0.15) is 0 Å². The molecule has 0 radical (unpaired) electrons. The van der Waals surface area contributed by atoms with Crippen LogP contribution in [0.5, 0.6) is 0 Å². The number of amides is 3. The number of imide groups is 1. The van der Waals surface area contributed by atoms with Crippen molar-refractivity contribution in [3.05, 3.63) is 34.6 Å². The number of carbonyl (C=O) groups is 2. The summed E-state index contributed by atoms with van der Waals surface area (Å²) in [6, 6.07) is 7.98. The van der Waals surface area contributed by atoms with Gasteiger partial charge in [0, 0.05) is 24.7 Å². The molecule has 3 amide bonds. The number of nitrogens with one attached hydrogen (secondary N) is 1. The molecule has 214 valence electrons. The Bertz CT molecular complexity index is 1390. The van der Waals surface area contributed by atoms with Crippen molar-refractivity contribution in [1.82, 2.24) is 19.8 Å². The summed E-state index contributed by atoms with van der Waals surface area (Å²) in [5.74, 6) is 2.72. The lowest BCUT2D eigenvalue weighted by molar-refractivity contribution is -0.121. The van der Waals surface area contributed by atoms with Crippen molar-refractivity contribution < 1.29 is 9.59 Å². The number of rotatable bonds is 4. The highest BCUT2D eigenvalue weighted by molar-refractivity contribution is 6.22. The maximum atomic E-state index is 14.2. The SMILES string of the molecule is C[C@@H]1CC[C@H]2C[C@@H](n3c(=O)c(N4C(=O)NC(C)(C)C4=O)nc4ccccc43)C[C@@H]1N2CC1C[C@H]2CCC[C@@H](C1)C2. The molecule has 0 spiro atoms. The van der Waals surface area contributed by atoms with Gasteiger partial charge in [-0.3, -0.25) is 14.5 Å². The van der Waals surface area contributed by atoms with Crippen LogP contribution in [0.25, 0.3) is 11.0 Å². The molecular formula is C32H43N5O3. The van der Waals surface area contributed by atoms with Gasteiger partial charge in [0.05, 0.1) is 11.0 Å². The van der Waals surface area contributed by atoms with E-state index in [1.165, 1.54) is 57.9 Å². The molecule has 3 aliphatic heterocycles. The van der Waals surface area contributed by atoms with Gasteiger partial charge >= 0.3 is 6.03 Å². The maximum absolute atomic E-state index is 14.2. The Kier molecular flexibility index (Phi) is 6.33. The monoisotopic (exact) mass is 545 g/mol. The van der Waals surface area contributed by atoms with Crippen LogP contribution >= 0.6 is 0 Å². The van der Waals surface area contributed by atoms with E-state index in [-0.39, 0.29) is 17.4 Å². The number of anilines is 1. The van der Waals surface area contributed by atoms with Gasteiger partial charge in [-0.15, -0.1) is 0 Å². The van der Waals surface area contributed by atoms with Gasteiger partial charge < -0.3 is 9.88 Å². The minimum Gasteiger partial charge on any atom is -0.323 e. The molecule has 40 heavy (non-hydrogen) atoms. The van der Waals surface area contributed by atoms with Crippen LogP contribution in [0.1, 0.15) is 91.0 Å². The molecule has 1 unspecified atom stereocenters. The Morgan fingerprint density at radius 2 is 1.68 bits per heavy atom. The van der Waals surface area contributed by atoms with E-state index in [0.717, 1.165) is 41.0 Å². The maximum Gasteiger partial charge on any atom is 0.331 e. The molecular weight excluding hydrogens is 502 g/mol. The summed E-state index contributed by atoms with van der Waals surface area (Å²) in [5.41, 5.74) is 0.00435. The van der Waals surface area contributed by atoms with E-state index in [1.54, 1.807) is 13.8 Å². The van der Waals surface area contributed by atoms with Crippen LogP contribution in [0, 0.1) is 23.7 Å². The van der Waals surface area contributed by atoms with E-state index in [0.29, 0.717) is 23.5 Å². The molecule has 5 aliphatic rings. The summed E-state index contributed by atoms with van der Waals surface area (Å²) in [7, 11) is 0. The fourth-order valence-corrected chi connectivity index (χ4v) is 9.12. The van der Waals surface area contributed by atoms with E-state index < -0.39 is 17.5 Å². The van der Waals surface area contributed by atoms with Gasteiger partial charge in [-0.1, -0.05) is 38.3 Å². The second-order valence-electron chi connectivity index (χ2n) is 14.1. The van der Waals surface area contributed by atoms with Crippen molar-refractivity contribution in [3.8, 4) is 0 Å². The zero-order valence-electron chi connectivity index (χ0n) is 24.1. The van der Waals surface area contributed by atoms with Crippen molar-refractivity contribution in [2.75, 3.05) is 11.4 Å². The van der Waals surface area contributed by atoms with Crippen molar-refractivity contribution in [3.63, 3.8) is 0 Å². The Balaban J connectivity index is 1.23. The quantitative estimate of drug-likeness (QED) is 0.530. The van der Waals surface area contributed by atoms with Crippen molar-refractivity contribution in [1.29, 1.82) is 0 Å². The minimum absolute atomic E-state index is 0.00710.